The van der Waals surface area contributed by atoms with Gasteiger partial charge in [0, 0.05) is 30.7 Å². The Morgan fingerprint density at radius 1 is 1.12 bits per heavy atom. The van der Waals surface area contributed by atoms with E-state index in [9.17, 15) is 9.59 Å². The molecule has 5 heteroatoms. The molecule has 2 fully saturated rings. The number of piperidine rings is 1. The van der Waals surface area contributed by atoms with E-state index in [1.165, 1.54) is 12.0 Å². The van der Waals surface area contributed by atoms with E-state index in [2.05, 4.69) is 19.2 Å². The van der Waals surface area contributed by atoms with Crippen molar-refractivity contribution in [1.82, 2.24) is 10.2 Å². The summed E-state index contributed by atoms with van der Waals surface area (Å²) in [7, 11) is 0. The summed E-state index contributed by atoms with van der Waals surface area (Å²) in [4.78, 5) is 28.7. The van der Waals surface area contributed by atoms with Crippen LogP contribution in [0.15, 0.2) is 24.3 Å². The van der Waals surface area contributed by atoms with E-state index in [4.69, 9.17) is 0 Å². The van der Waals surface area contributed by atoms with Gasteiger partial charge in [-0.25, -0.2) is 4.79 Å². The normalized spacial score (nSPS) is 27.5. The number of amides is 3. The van der Waals surface area contributed by atoms with Gasteiger partial charge in [-0.05, 0) is 52.2 Å². The molecule has 0 unspecified atom stereocenters. The number of carbonyl (C=O) groups is 2. The Balaban J connectivity index is 1.63. The molecule has 0 aliphatic carbocycles. The van der Waals surface area contributed by atoms with Gasteiger partial charge < -0.3 is 15.1 Å². The van der Waals surface area contributed by atoms with Gasteiger partial charge in [0.1, 0.15) is 0 Å². The molecule has 24 heavy (non-hydrogen) atoms. The smallest absolute Gasteiger partial charge is 0.318 e. The monoisotopic (exact) mass is 329 g/mol. The lowest BCUT2D eigenvalue weighted by atomic mass is 9.98. The number of nitrogens with one attached hydrogen (secondary N) is 1. The number of anilines is 1. The Morgan fingerprint density at radius 3 is 2.38 bits per heavy atom. The van der Waals surface area contributed by atoms with Gasteiger partial charge in [-0.3, -0.25) is 4.79 Å². The van der Waals surface area contributed by atoms with Crippen molar-refractivity contribution in [3.8, 4) is 0 Å². The number of aryl methyl sites for hydroxylation is 1. The van der Waals surface area contributed by atoms with Gasteiger partial charge in [-0.1, -0.05) is 17.7 Å². The molecule has 2 saturated heterocycles. The van der Waals surface area contributed by atoms with Gasteiger partial charge in [-0.15, -0.1) is 0 Å². The third-order valence-electron chi connectivity index (χ3n) is 5.23. The SMILES string of the molecule is Cc1ccc(N2C[C@H](NC(=O)N3[C@H](C)CCC[C@@H]3C)CC2=O)cc1. The van der Waals surface area contributed by atoms with E-state index < -0.39 is 0 Å². The van der Waals surface area contributed by atoms with Crippen molar-refractivity contribution in [3.63, 3.8) is 0 Å². The second-order valence-corrected chi connectivity index (χ2v) is 7.23. The van der Waals surface area contributed by atoms with Crippen LogP contribution < -0.4 is 10.2 Å². The van der Waals surface area contributed by atoms with Gasteiger partial charge in [-0.2, -0.15) is 0 Å². The highest BCUT2D eigenvalue weighted by atomic mass is 16.2. The largest absolute Gasteiger partial charge is 0.333 e. The second kappa shape index (κ2) is 6.83. The van der Waals surface area contributed by atoms with E-state index in [-0.39, 0.29) is 30.1 Å². The summed E-state index contributed by atoms with van der Waals surface area (Å²) in [6, 6.07) is 8.32. The Hall–Kier alpha value is -2.04. The number of urea groups is 1. The zero-order chi connectivity index (χ0) is 17.3. The van der Waals surface area contributed by atoms with E-state index >= 15 is 0 Å². The predicted octanol–water partition coefficient (Wildman–Crippen LogP) is 3.07. The molecule has 3 atom stereocenters. The van der Waals surface area contributed by atoms with Crippen LogP contribution in [-0.4, -0.2) is 41.5 Å². The zero-order valence-electron chi connectivity index (χ0n) is 14.8. The van der Waals surface area contributed by atoms with Crippen molar-refractivity contribution in [2.45, 2.75) is 64.6 Å². The van der Waals surface area contributed by atoms with Crippen LogP contribution >= 0.6 is 0 Å². The van der Waals surface area contributed by atoms with Gasteiger partial charge in [0.25, 0.3) is 0 Å². The number of carbonyl (C=O) groups excluding carboxylic acids is 2. The van der Waals surface area contributed by atoms with Crippen LogP contribution in [0.5, 0.6) is 0 Å². The summed E-state index contributed by atoms with van der Waals surface area (Å²) >= 11 is 0. The minimum absolute atomic E-state index is 0.0294. The fourth-order valence-corrected chi connectivity index (χ4v) is 3.85. The first kappa shape index (κ1) is 16.8. The molecule has 3 amide bonds. The molecule has 3 rings (SSSR count). The predicted molar refractivity (Wildman–Crippen MR) is 95.1 cm³/mol. The minimum atomic E-state index is -0.118. The lowest BCUT2D eigenvalue weighted by Crippen LogP contribution is -2.54. The molecule has 5 nitrogen and oxygen atoms in total. The van der Waals surface area contributed by atoms with Gasteiger partial charge in [0.2, 0.25) is 5.91 Å². The van der Waals surface area contributed by atoms with Gasteiger partial charge >= 0.3 is 6.03 Å². The molecule has 1 aromatic carbocycles. The molecular formula is C19H27N3O2. The first-order valence-electron chi connectivity index (χ1n) is 8.91. The number of hydrogen-bond donors (Lipinski definition) is 1. The Bertz CT molecular complexity index is 604. The molecule has 0 radical (unpaired) electrons. The zero-order valence-corrected chi connectivity index (χ0v) is 14.8. The summed E-state index contributed by atoms with van der Waals surface area (Å²) < 4.78 is 0. The fourth-order valence-electron chi connectivity index (χ4n) is 3.85. The first-order chi connectivity index (χ1) is 11.5. The summed E-state index contributed by atoms with van der Waals surface area (Å²) in [6.45, 7) is 6.78. The summed E-state index contributed by atoms with van der Waals surface area (Å²) in [5.74, 6) is 0.0731. The second-order valence-electron chi connectivity index (χ2n) is 7.23. The van der Waals surface area contributed by atoms with E-state index in [1.807, 2.05) is 36.1 Å². The van der Waals surface area contributed by atoms with Crippen molar-refractivity contribution < 1.29 is 9.59 Å². The van der Waals surface area contributed by atoms with Crippen LogP contribution in [0.25, 0.3) is 0 Å². The average molecular weight is 329 g/mol. The van der Waals surface area contributed by atoms with Crippen LogP contribution in [0.1, 0.15) is 45.1 Å². The summed E-state index contributed by atoms with van der Waals surface area (Å²) in [5, 5.41) is 3.08. The molecule has 1 N–H and O–H groups in total. The van der Waals surface area contributed by atoms with Crippen LogP contribution in [-0.2, 0) is 4.79 Å². The molecule has 0 bridgehead atoms. The number of likely N-dealkylation sites (tertiary alicyclic amines) is 1. The number of hydrogen-bond acceptors (Lipinski definition) is 2. The van der Waals surface area contributed by atoms with Crippen LogP contribution in [0.3, 0.4) is 0 Å². The van der Waals surface area contributed by atoms with E-state index in [0.717, 1.165) is 18.5 Å². The fraction of sp³-hybridized carbons (Fsp3) is 0.579. The molecule has 2 aliphatic heterocycles. The maximum Gasteiger partial charge on any atom is 0.318 e. The maximum absolute atomic E-state index is 12.7. The molecule has 0 spiro atoms. The molecule has 2 heterocycles. The van der Waals surface area contributed by atoms with Crippen LogP contribution in [0, 0.1) is 6.92 Å². The van der Waals surface area contributed by atoms with Crippen molar-refractivity contribution in [1.29, 1.82) is 0 Å². The van der Waals surface area contributed by atoms with E-state index in [1.54, 1.807) is 4.90 Å². The summed E-state index contributed by atoms with van der Waals surface area (Å²) in [5.41, 5.74) is 2.07. The Kier molecular flexibility index (Phi) is 4.78. The van der Waals surface area contributed by atoms with Gasteiger partial charge in [0.15, 0.2) is 0 Å². The Morgan fingerprint density at radius 2 is 1.75 bits per heavy atom. The van der Waals surface area contributed by atoms with Crippen molar-refractivity contribution in [2.24, 2.45) is 0 Å². The molecule has 2 aliphatic rings. The topological polar surface area (TPSA) is 52.7 Å². The minimum Gasteiger partial charge on any atom is -0.333 e. The lowest BCUT2D eigenvalue weighted by molar-refractivity contribution is -0.117. The Labute approximate surface area is 144 Å². The third-order valence-corrected chi connectivity index (χ3v) is 5.23. The van der Waals surface area contributed by atoms with Gasteiger partial charge in [0.05, 0.1) is 6.04 Å². The highest BCUT2D eigenvalue weighted by molar-refractivity contribution is 5.96. The maximum atomic E-state index is 12.7. The molecule has 0 saturated carbocycles. The molecular weight excluding hydrogens is 302 g/mol. The quantitative estimate of drug-likeness (QED) is 0.906. The van der Waals surface area contributed by atoms with Crippen molar-refractivity contribution >= 4 is 17.6 Å². The van der Waals surface area contributed by atoms with Crippen LogP contribution in [0.2, 0.25) is 0 Å². The lowest BCUT2D eigenvalue weighted by Gasteiger charge is -2.39. The molecule has 0 aromatic heterocycles. The number of nitrogens with zero attached hydrogens (tertiary/aromatic N) is 2. The molecule has 1 aromatic rings. The van der Waals surface area contributed by atoms with Crippen molar-refractivity contribution in [2.75, 3.05) is 11.4 Å². The third kappa shape index (κ3) is 3.40. The first-order valence-corrected chi connectivity index (χ1v) is 8.91. The molecule has 130 valence electrons. The summed E-state index contributed by atoms with van der Waals surface area (Å²) in [6.07, 6.45) is 3.65. The standard InChI is InChI=1S/C19H27N3O2/c1-13-7-9-17(10-8-13)21-12-16(11-18(21)23)20-19(24)22-14(2)5-4-6-15(22)3/h7-10,14-16H,4-6,11-12H2,1-3H3,(H,20,24)/t14-,15+,16-/m1/s1. The number of benzene rings is 1. The van der Waals surface area contributed by atoms with Crippen molar-refractivity contribution in [3.05, 3.63) is 29.8 Å². The highest BCUT2D eigenvalue weighted by Crippen LogP contribution is 2.24. The van der Waals surface area contributed by atoms with E-state index in [0.29, 0.717) is 13.0 Å². The average Bonchev–Trinajstić information content (AvgIpc) is 2.88. The van der Waals surface area contributed by atoms with Crippen LogP contribution in [0.4, 0.5) is 10.5 Å². The highest BCUT2D eigenvalue weighted by Gasteiger charge is 2.35. The number of rotatable bonds is 2.